The molecule has 1 N–H and O–H groups in total. The average molecular weight is 327 g/mol. The molecule has 2 aromatic carbocycles. The van der Waals surface area contributed by atoms with Gasteiger partial charge in [-0.1, -0.05) is 24.3 Å². The van der Waals surface area contributed by atoms with Crippen LogP contribution in [0.4, 0.5) is 11.4 Å². The van der Waals surface area contributed by atoms with Crippen molar-refractivity contribution in [2.45, 2.75) is 0 Å². The van der Waals surface area contributed by atoms with Gasteiger partial charge in [0.15, 0.2) is 0 Å². The van der Waals surface area contributed by atoms with Gasteiger partial charge in [-0.05, 0) is 48.5 Å². The monoisotopic (exact) mass is 327 g/mol. The molecule has 0 atom stereocenters. The Hall–Kier alpha value is -3.20. The molecule has 0 amide bonds. The Morgan fingerprint density at radius 3 is 1.48 bits per heavy atom. The molecule has 0 radical (unpaired) electrons. The highest BCUT2D eigenvalue weighted by Gasteiger charge is 2.05. The number of nitrogens with zero attached hydrogens (tertiary/aromatic N) is 2. The van der Waals surface area contributed by atoms with Gasteiger partial charge in [-0.25, -0.2) is 0 Å². The molecule has 3 nitrogen and oxygen atoms in total. The number of benzene rings is 2. The van der Waals surface area contributed by atoms with Crippen LogP contribution in [0.25, 0.3) is 22.5 Å². The molecule has 2 aromatic heterocycles. The van der Waals surface area contributed by atoms with Crippen LogP contribution in [-0.4, -0.2) is 9.13 Å². The lowest BCUT2D eigenvalue weighted by Gasteiger charge is -2.11. The van der Waals surface area contributed by atoms with Gasteiger partial charge in [0.25, 0.3) is 0 Å². The van der Waals surface area contributed by atoms with Crippen molar-refractivity contribution in [3.63, 3.8) is 0 Å². The Morgan fingerprint density at radius 1 is 0.600 bits per heavy atom. The molecule has 0 aliphatic carbocycles. The smallest absolute Gasteiger partial charge is 0.0478 e. The molecule has 0 aliphatic rings. The van der Waals surface area contributed by atoms with E-state index in [1.54, 1.807) is 0 Å². The number of hydrogen-bond donors (Lipinski definition) is 1. The summed E-state index contributed by atoms with van der Waals surface area (Å²) < 4.78 is 4.27. The van der Waals surface area contributed by atoms with E-state index < -0.39 is 0 Å². The summed E-state index contributed by atoms with van der Waals surface area (Å²) >= 11 is 0. The number of aromatic nitrogens is 2. The van der Waals surface area contributed by atoms with Gasteiger partial charge in [0.1, 0.15) is 0 Å². The molecule has 0 spiro atoms. The minimum absolute atomic E-state index is 1.09. The van der Waals surface area contributed by atoms with Crippen molar-refractivity contribution in [1.29, 1.82) is 0 Å². The van der Waals surface area contributed by atoms with Crippen LogP contribution in [0.5, 0.6) is 0 Å². The van der Waals surface area contributed by atoms with Crippen molar-refractivity contribution in [3.8, 4) is 22.5 Å². The lowest BCUT2D eigenvalue weighted by molar-refractivity contribution is 0.937. The van der Waals surface area contributed by atoms with Gasteiger partial charge in [-0.15, -0.1) is 0 Å². The van der Waals surface area contributed by atoms with E-state index in [-0.39, 0.29) is 0 Å². The quantitative estimate of drug-likeness (QED) is 0.529. The summed E-state index contributed by atoms with van der Waals surface area (Å²) in [4.78, 5) is 0. The maximum absolute atomic E-state index is 3.53. The van der Waals surface area contributed by atoms with Crippen LogP contribution in [0.3, 0.4) is 0 Å². The Kier molecular flexibility index (Phi) is 3.90. The van der Waals surface area contributed by atoms with E-state index in [2.05, 4.69) is 114 Å². The predicted molar refractivity (Wildman–Crippen MR) is 105 cm³/mol. The van der Waals surface area contributed by atoms with E-state index >= 15 is 0 Å². The first-order chi connectivity index (χ1) is 12.2. The summed E-state index contributed by atoms with van der Waals surface area (Å²) in [5.41, 5.74) is 7.00. The van der Waals surface area contributed by atoms with Gasteiger partial charge >= 0.3 is 0 Å². The molecule has 0 unspecified atom stereocenters. The molecule has 0 saturated carbocycles. The standard InChI is InChI=1S/C22H21N3/c1-24-13-5-11-21(24)17-7-3-9-19(15-17)23-20-10-4-8-18(16-20)22-12-6-14-25(22)2/h3-16,23H,1-2H3. The molecule has 4 rings (SSSR count). The average Bonchev–Trinajstić information content (AvgIpc) is 3.23. The normalized spacial score (nSPS) is 10.8. The first-order valence-electron chi connectivity index (χ1n) is 8.41. The maximum atomic E-state index is 3.53. The SMILES string of the molecule is Cn1cccc1-c1cccc(Nc2cccc(-c3cccn3C)c2)c1. The van der Waals surface area contributed by atoms with E-state index in [9.17, 15) is 0 Å². The Balaban J connectivity index is 1.63. The van der Waals surface area contributed by atoms with Crippen LogP contribution in [-0.2, 0) is 14.1 Å². The summed E-state index contributed by atoms with van der Waals surface area (Å²) in [5, 5.41) is 3.53. The molecule has 124 valence electrons. The minimum atomic E-state index is 1.09. The zero-order valence-electron chi connectivity index (χ0n) is 14.5. The third-order valence-electron chi connectivity index (χ3n) is 4.49. The van der Waals surface area contributed by atoms with Crippen LogP contribution in [0.1, 0.15) is 0 Å². The fourth-order valence-corrected chi connectivity index (χ4v) is 3.20. The highest BCUT2D eigenvalue weighted by Crippen LogP contribution is 2.27. The van der Waals surface area contributed by atoms with Crippen LogP contribution < -0.4 is 5.32 Å². The molecule has 25 heavy (non-hydrogen) atoms. The van der Waals surface area contributed by atoms with Crippen molar-refractivity contribution < 1.29 is 0 Å². The van der Waals surface area contributed by atoms with E-state index in [4.69, 9.17) is 0 Å². The second-order valence-electron chi connectivity index (χ2n) is 6.30. The van der Waals surface area contributed by atoms with Gasteiger partial charge in [0.2, 0.25) is 0 Å². The number of rotatable bonds is 4. The van der Waals surface area contributed by atoms with E-state index in [0.717, 1.165) is 11.4 Å². The van der Waals surface area contributed by atoms with Crippen molar-refractivity contribution in [2.24, 2.45) is 14.1 Å². The topological polar surface area (TPSA) is 21.9 Å². The van der Waals surface area contributed by atoms with Crippen molar-refractivity contribution in [3.05, 3.63) is 85.2 Å². The Labute approximate surface area is 148 Å². The summed E-state index contributed by atoms with van der Waals surface area (Å²) in [6.07, 6.45) is 4.14. The van der Waals surface area contributed by atoms with Crippen LogP contribution in [0.15, 0.2) is 85.2 Å². The predicted octanol–water partition coefficient (Wildman–Crippen LogP) is 5.44. The largest absolute Gasteiger partial charge is 0.355 e. The van der Waals surface area contributed by atoms with Gasteiger partial charge in [-0.3, -0.25) is 0 Å². The fourth-order valence-electron chi connectivity index (χ4n) is 3.20. The molecule has 4 aromatic rings. The maximum Gasteiger partial charge on any atom is 0.0478 e. The van der Waals surface area contributed by atoms with Gasteiger partial charge in [0, 0.05) is 60.4 Å². The lowest BCUT2D eigenvalue weighted by Crippen LogP contribution is -1.94. The second-order valence-corrected chi connectivity index (χ2v) is 6.30. The first kappa shape index (κ1) is 15.3. The number of nitrogens with one attached hydrogen (secondary N) is 1. The molecule has 0 fully saturated rings. The first-order valence-corrected chi connectivity index (χ1v) is 8.41. The zero-order valence-corrected chi connectivity index (χ0v) is 14.5. The zero-order chi connectivity index (χ0) is 17.2. The molecular weight excluding hydrogens is 306 g/mol. The van der Waals surface area contributed by atoms with Crippen molar-refractivity contribution in [1.82, 2.24) is 9.13 Å². The van der Waals surface area contributed by atoms with E-state index in [0.29, 0.717) is 0 Å². The fraction of sp³-hybridized carbons (Fsp3) is 0.0909. The third-order valence-corrected chi connectivity index (χ3v) is 4.49. The molecule has 0 aliphatic heterocycles. The van der Waals surface area contributed by atoms with Crippen molar-refractivity contribution >= 4 is 11.4 Å². The second kappa shape index (κ2) is 6.36. The van der Waals surface area contributed by atoms with Crippen LogP contribution in [0, 0.1) is 0 Å². The Bertz CT molecular complexity index is 926. The highest BCUT2D eigenvalue weighted by molar-refractivity contribution is 5.72. The summed E-state index contributed by atoms with van der Waals surface area (Å²) in [5.74, 6) is 0. The summed E-state index contributed by atoms with van der Waals surface area (Å²) in [6, 6.07) is 25.4. The van der Waals surface area contributed by atoms with Crippen molar-refractivity contribution in [2.75, 3.05) is 5.32 Å². The molecule has 0 saturated heterocycles. The lowest BCUT2D eigenvalue weighted by atomic mass is 10.1. The Morgan fingerprint density at radius 2 is 1.08 bits per heavy atom. The molecular formula is C22H21N3. The van der Waals surface area contributed by atoms with Gasteiger partial charge in [0.05, 0.1) is 0 Å². The summed E-state index contributed by atoms with van der Waals surface area (Å²) in [6.45, 7) is 0. The summed E-state index contributed by atoms with van der Waals surface area (Å²) in [7, 11) is 4.14. The third kappa shape index (κ3) is 3.09. The highest BCUT2D eigenvalue weighted by atomic mass is 14.9. The van der Waals surface area contributed by atoms with Crippen LogP contribution in [0.2, 0.25) is 0 Å². The molecule has 3 heteroatoms. The molecule has 2 heterocycles. The minimum Gasteiger partial charge on any atom is -0.355 e. The van der Waals surface area contributed by atoms with Gasteiger partial charge in [-0.2, -0.15) is 0 Å². The number of aryl methyl sites for hydroxylation is 2. The van der Waals surface area contributed by atoms with E-state index in [1.165, 1.54) is 22.5 Å². The number of anilines is 2. The molecule has 0 bridgehead atoms. The van der Waals surface area contributed by atoms with Gasteiger partial charge < -0.3 is 14.5 Å². The van der Waals surface area contributed by atoms with Crippen LogP contribution >= 0.6 is 0 Å². The number of hydrogen-bond acceptors (Lipinski definition) is 1. The van der Waals surface area contributed by atoms with E-state index in [1.807, 2.05) is 0 Å².